The van der Waals surface area contributed by atoms with E-state index in [2.05, 4.69) is 20.9 Å². The zero-order valence-electron chi connectivity index (χ0n) is 6.01. The summed E-state index contributed by atoms with van der Waals surface area (Å²) in [4.78, 5) is 14.3. The number of nitrogens with zero attached hydrogens (tertiary/aromatic N) is 1. The average Bonchev–Trinajstić information content (AvgIpc) is 2.32. The van der Waals surface area contributed by atoms with E-state index < -0.39 is 0 Å². The second-order valence-electron chi connectivity index (χ2n) is 2.06. The topological polar surface area (TPSA) is 29.4 Å². The first-order chi connectivity index (χ1) is 5.74. The molecule has 2 nitrogen and oxygen atoms in total. The van der Waals surface area contributed by atoms with E-state index in [-0.39, 0.29) is 0 Å². The van der Waals surface area contributed by atoms with E-state index in [0.29, 0.717) is 6.54 Å². The number of rotatable bonds is 3. The Morgan fingerprint density at radius 1 is 1.75 bits per heavy atom. The van der Waals surface area contributed by atoms with Gasteiger partial charge >= 0.3 is 0 Å². The minimum atomic E-state index is 0.479. The standard InChI is InChI=1S/C7H5BrClNOS/c8-6-3-5(12-7(6)9)1-2-10-4-11/h3H,1-2H2. The summed E-state index contributed by atoms with van der Waals surface area (Å²) >= 11 is 10.6. The third-order valence-electron chi connectivity index (χ3n) is 1.23. The molecule has 0 saturated heterocycles. The second-order valence-corrected chi connectivity index (χ2v) is 4.65. The van der Waals surface area contributed by atoms with Crippen molar-refractivity contribution in [2.45, 2.75) is 6.42 Å². The molecule has 0 aliphatic heterocycles. The quantitative estimate of drug-likeness (QED) is 0.611. The molecule has 0 amide bonds. The van der Waals surface area contributed by atoms with Crippen molar-refractivity contribution in [3.05, 3.63) is 19.8 Å². The van der Waals surface area contributed by atoms with Gasteiger partial charge in [-0.2, -0.15) is 0 Å². The molecule has 1 rings (SSSR count). The Balaban J connectivity index is 2.58. The number of hydrogen-bond donors (Lipinski definition) is 0. The molecule has 1 heterocycles. The van der Waals surface area contributed by atoms with Gasteiger partial charge in [-0.1, -0.05) is 11.6 Å². The fraction of sp³-hybridized carbons (Fsp3) is 0.286. The lowest BCUT2D eigenvalue weighted by Gasteiger charge is -1.86. The third-order valence-corrected chi connectivity index (χ3v) is 3.77. The van der Waals surface area contributed by atoms with Gasteiger partial charge in [0.05, 0.1) is 6.54 Å². The first-order valence-corrected chi connectivity index (χ1v) is 5.20. The van der Waals surface area contributed by atoms with Crippen molar-refractivity contribution in [1.82, 2.24) is 0 Å². The number of halogens is 2. The lowest BCUT2D eigenvalue weighted by Crippen LogP contribution is -1.83. The van der Waals surface area contributed by atoms with Gasteiger partial charge in [-0.3, -0.25) is 0 Å². The lowest BCUT2D eigenvalue weighted by molar-refractivity contribution is 0.563. The van der Waals surface area contributed by atoms with Crippen LogP contribution < -0.4 is 0 Å². The summed E-state index contributed by atoms with van der Waals surface area (Å²) < 4.78 is 1.64. The van der Waals surface area contributed by atoms with E-state index in [1.54, 1.807) is 0 Å². The van der Waals surface area contributed by atoms with Gasteiger partial charge < -0.3 is 0 Å². The zero-order chi connectivity index (χ0) is 8.97. The first kappa shape index (κ1) is 9.93. The van der Waals surface area contributed by atoms with Gasteiger partial charge in [-0.05, 0) is 22.0 Å². The van der Waals surface area contributed by atoms with Crippen LogP contribution in [0.2, 0.25) is 4.34 Å². The van der Waals surface area contributed by atoms with Gasteiger partial charge in [-0.25, -0.2) is 9.79 Å². The molecule has 0 unspecified atom stereocenters. The molecule has 0 atom stereocenters. The summed E-state index contributed by atoms with van der Waals surface area (Å²) in [6, 6.07) is 1.94. The van der Waals surface area contributed by atoms with Gasteiger partial charge in [0.25, 0.3) is 0 Å². The van der Waals surface area contributed by atoms with Crippen LogP contribution in [-0.2, 0) is 11.2 Å². The average molecular weight is 267 g/mol. The van der Waals surface area contributed by atoms with Crippen molar-refractivity contribution in [1.29, 1.82) is 0 Å². The van der Waals surface area contributed by atoms with Crippen molar-refractivity contribution in [2.24, 2.45) is 4.99 Å². The van der Waals surface area contributed by atoms with Crippen LogP contribution in [0.25, 0.3) is 0 Å². The Labute approximate surface area is 87.4 Å². The fourth-order valence-electron chi connectivity index (χ4n) is 0.726. The third kappa shape index (κ3) is 2.72. The van der Waals surface area contributed by atoms with Crippen LogP contribution >= 0.6 is 38.9 Å². The van der Waals surface area contributed by atoms with Crippen LogP contribution in [0.15, 0.2) is 15.5 Å². The molecular weight excluding hydrogens is 262 g/mol. The highest BCUT2D eigenvalue weighted by atomic mass is 79.9. The second kappa shape index (κ2) is 4.77. The van der Waals surface area contributed by atoms with Crippen molar-refractivity contribution < 1.29 is 4.79 Å². The summed E-state index contributed by atoms with van der Waals surface area (Å²) in [5.74, 6) is 0. The first-order valence-electron chi connectivity index (χ1n) is 3.21. The predicted octanol–water partition coefficient (Wildman–Crippen LogP) is 3.04. The molecule has 0 aliphatic rings. The summed E-state index contributed by atoms with van der Waals surface area (Å²) in [5, 5.41) is 0. The van der Waals surface area contributed by atoms with Crippen LogP contribution in [-0.4, -0.2) is 12.6 Å². The number of hydrogen-bond acceptors (Lipinski definition) is 3. The van der Waals surface area contributed by atoms with Crippen molar-refractivity contribution in [3.63, 3.8) is 0 Å². The van der Waals surface area contributed by atoms with Crippen LogP contribution in [0.3, 0.4) is 0 Å². The number of aliphatic imine (C=N–C) groups is 1. The number of thiophene rings is 1. The summed E-state index contributed by atoms with van der Waals surface area (Å²) in [6.07, 6.45) is 2.24. The van der Waals surface area contributed by atoms with Gasteiger partial charge in [0, 0.05) is 15.8 Å². The van der Waals surface area contributed by atoms with E-state index in [4.69, 9.17) is 11.6 Å². The van der Waals surface area contributed by atoms with Crippen LogP contribution in [0.4, 0.5) is 0 Å². The fourth-order valence-corrected chi connectivity index (χ4v) is 2.51. The van der Waals surface area contributed by atoms with Crippen molar-refractivity contribution in [3.8, 4) is 0 Å². The molecule has 0 saturated carbocycles. The molecule has 0 fully saturated rings. The summed E-state index contributed by atoms with van der Waals surface area (Å²) in [7, 11) is 0. The molecular formula is C7H5BrClNOS. The van der Waals surface area contributed by atoms with E-state index in [0.717, 1.165) is 20.1 Å². The maximum atomic E-state index is 9.74. The van der Waals surface area contributed by atoms with Crippen LogP contribution in [0.5, 0.6) is 0 Å². The molecule has 64 valence electrons. The zero-order valence-corrected chi connectivity index (χ0v) is 9.17. The molecule has 0 aromatic carbocycles. The Bertz CT molecular complexity index is 300. The molecule has 0 spiro atoms. The molecule has 0 radical (unpaired) electrons. The maximum Gasteiger partial charge on any atom is 0.234 e. The molecule has 1 aromatic rings. The molecule has 1 aromatic heterocycles. The molecule has 5 heteroatoms. The lowest BCUT2D eigenvalue weighted by atomic mass is 10.3. The smallest absolute Gasteiger partial charge is 0.211 e. The maximum absolute atomic E-state index is 9.74. The Hall–Kier alpha value is -0.150. The highest BCUT2D eigenvalue weighted by Crippen LogP contribution is 2.32. The van der Waals surface area contributed by atoms with Crippen molar-refractivity contribution >= 4 is 44.9 Å². The molecule has 0 aliphatic carbocycles. The predicted molar refractivity (Wildman–Crippen MR) is 53.7 cm³/mol. The van der Waals surface area contributed by atoms with E-state index >= 15 is 0 Å². The van der Waals surface area contributed by atoms with Gasteiger partial charge in [0.2, 0.25) is 6.08 Å². The minimum Gasteiger partial charge on any atom is -0.211 e. The summed E-state index contributed by atoms with van der Waals surface area (Å²) in [5.41, 5.74) is 0. The molecule has 0 bridgehead atoms. The normalized spacial score (nSPS) is 9.50. The van der Waals surface area contributed by atoms with Crippen molar-refractivity contribution in [2.75, 3.05) is 6.54 Å². The van der Waals surface area contributed by atoms with Crippen LogP contribution in [0, 0.1) is 0 Å². The SMILES string of the molecule is O=C=NCCc1cc(Br)c(Cl)s1. The largest absolute Gasteiger partial charge is 0.234 e. The van der Waals surface area contributed by atoms with Gasteiger partial charge in [0.15, 0.2) is 0 Å². The molecule has 12 heavy (non-hydrogen) atoms. The minimum absolute atomic E-state index is 0.479. The van der Waals surface area contributed by atoms with Gasteiger partial charge in [0.1, 0.15) is 4.34 Å². The molecule has 0 N–H and O–H groups in total. The van der Waals surface area contributed by atoms with Crippen LogP contribution in [0.1, 0.15) is 4.88 Å². The monoisotopic (exact) mass is 265 g/mol. The van der Waals surface area contributed by atoms with E-state index in [1.807, 2.05) is 6.07 Å². The van der Waals surface area contributed by atoms with E-state index in [1.165, 1.54) is 17.4 Å². The van der Waals surface area contributed by atoms with Gasteiger partial charge in [-0.15, -0.1) is 11.3 Å². The number of isocyanates is 1. The highest BCUT2D eigenvalue weighted by Gasteiger charge is 2.03. The Morgan fingerprint density at radius 3 is 3.00 bits per heavy atom. The van der Waals surface area contributed by atoms with E-state index in [9.17, 15) is 4.79 Å². The highest BCUT2D eigenvalue weighted by molar-refractivity contribution is 9.10. The Morgan fingerprint density at radius 2 is 2.50 bits per heavy atom. The number of carbonyl (C=O) groups excluding carboxylic acids is 1. The summed E-state index contributed by atoms with van der Waals surface area (Å²) in [6.45, 7) is 0.479. The Kier molecular flexibility index (Phi) is 3.95.